The molecule has 0 fully saturated rings. The van der Waals surface area contributed by atoms with E-state index in [1.165, 1.54) is 35.5 Å². The van der Waals surface area contributed by atoms with Crippen LogP contribution >= 0.6 is 41.2 Å². The third-order valence-corrected chi connectivity index (χ3v) is 12.7. The number of allylic oxidation sites excluding steroid dienone is 4. The highest BCUT2D eigenvalue weighted by atomic mass is 32.1. The van der Waals surface area contributed by atoms with Crippen LogP contribution in [0.2, 0.25) is 0 Å². The maximum absolute atomic E-state index is 15.3. The maximum Gasteiger partial charge on any atom is 0.173 e. The summed E-state index contributed by atoms with van der Waals surface area (Å²) in [6.45, 7) is 16.6. The van der Waals surface area contributed by atoms with E-state index in [2.05, 4.69) is 59.1 Å². The molecule has 1 aromatic carbocycles. The molecule has 3 aromatic heterocycles. The third-order valence-electron chi connectivity index (χ3n) is 6.14. The van der Waals surface area contributed by atoms with Gasteiger partial charge in [-0.05, 0) is 45.4 Å². The van der Waals surface area contributed by atoms with Gasteiger partial charge in [-0.2, -0.15) is 0 Å². The van der Waals surface area contributed by atoms with Crippen LogP contribution in [0.1, 0.15) is 19.5 Å². The van der Waals surface area contributed by atoms with Crippen LogP contribution in [0, 0.1) is 27.7 Å². The number of benzene rings is 1. The monoisotopic (exact) mass is 504 g/mol. The lowest BCUT2D eigenvalue weighted by atomic mass is 10.0. The van der Waals surface area contributed by atoms with Crippen LogP contribution in [-0.2, 0) is 4.57 Å². The van der Waals surface area contributed by atoms with Gasteiger partial charge in [0.25, 0.3) is 0 Å². The van der Waals surface area contributed by atoms with Crippen LogP contribution in [0.4, 0.5) is 0 Å². The van der Waals surface area contributed by atoms with Gasteiger partial charge >= 0.3 is 0 Å². The summed E-state index contributed by atoms with van der Waals surface area (Å²) in [5, 5.41) is 2.63. The molecule has 4 aromatic rings. The zero-order chi connectivity index (χ0) is 23.5. The van der Waals surface area contributed by atoms with Crippen molar-refractivity contribution in [2.24, 2.45) is 0 Å². The molecule has 0 saturated carbocycles. The second-order valence-corrected chi connectivity index (χ2v) is 14.9. The first-order chi connectivity index (χ1) is 15.8. The molecule has 0 amide bonds. The minimum atomic E-state index is -3.11. The summed E-state index contributed by atoms with van der Waals surface area (Å²) < 4.78 is 15.3. The molecule has 0 saturated heterocycles. The molecule has 0 radical (unpaired) electrons. The van der Waals surface area contributed by atoms with E-state index >= 15 is 4.57 Å². The first-order valence-electron chi connectivity index (χ1n) is 10.8. The first kappa shape index (κ1) is 22.6. The quantitative estimate of drug-likeness (QED) is 0.196. The Morgan fingerprint density at radius 3 is 2.06 bits per heavy atom. The Morgan fingerprint density at radius 1 is 0.848 bits per heavy atom. The number of thiophene rings is 3. The fourth-order valence-corrected chi connectivity index (χ4v) is 11.9. The molecule has 5 heteroatoms. The van der Waals surface area contributed by atoms with Gasteiger partial charge in [-0.3, -0.25) is 0 Å². The summed E-state index contributed by atoms with van der Waals surface area (Å²) >= 11 is 5.41. The average molecular weight is 505 g/mol. The van der Waals surface area contributed by atoms with E-state index in [1.807, 2.05) is 35.6 Å². The van der Waals surface area contributed by atoms with Crippen molar-refractivity contribution in [1.29, 1.82) is 0 Å². The Kier molecular flexibility index (Phi) is 5.61. The van der Waals surface area contributed by atoms with Gasteiger partial charge in [-0.15, -0.1) is 34.0 Å². The molecule has 1 aliphatic rings. The van der Waals surface area contributed by atoms with E-state index in [9.17, 15) is 0 Å². The Morgan fingerprint density at radius 2 is 1.48 bits per heavy atom. The van der Waals surface area contributed by atoms with Crippen molar-refractivity contribution in [3.8, 4) is 32.0 Å². The molecular weight excluding hydrogens is 479 g/mol. The van der Waals surface area contributed by atoms with Gasteiger partial charge in [0.15, 0.2) is 7.14 Å². The zero-order valence-electron chi connectivity index (χ0n) is 19.2. The molecule has 0 aliphatic carbocycles. The summed E-state index contributed by atoms with van der Waals surface area (Å²) in [6.07, 6.45) is 5.34. The third kappa shape index (κ3) is 3.27. The average Bonchev–Trinajstić information content (AvgIpc) is 3.49. The van der Waals surface area contributed by atoms with Gasteiger partial charge in [0, 0.05) is 61.9 Å². The van der Waals surface area contributed by atoms with Crippen LogP contribution in [0.15, 0.2) is 73.1 Å². The minimum absolute atomic E-state index is 0.747. The van der Waals surface area contributed by atoms with Crippen molar-refractivity contribution in [1.82, 2.24) is 0 Å². The molecule has 5 rings (SSSR count). The predicted octanol–water partition coefficient (Wildman–Crippen LogP) is 8.99. The molecule has 1 aliphatic heterocycles. The van der Waals surface area contributed by atoms with Crippen molar-refractivity contribution < 1.29 is 4.57 Å². The Bertz CT molecular complexity index is 1520. The van der Waals surface area contributed by atoms with E-state index in [0.717, 1.165) is 31.9 Å². The second-order valence-electron chi connectivity index (χ2n) is 8.30. The summed E-state index contributed by atoms with van der Waals surface area (Å²) in [5.41, 5.74) is 4.67. The Balaban J connectivity index is 1.98. The van der Waals surface area contributed by atoms with Gasteiger partial charge in [-0.25, -0.2) is 0 Å². The molecule has 0 spiro atoms. The normalized spacial score (nSPS) is 17.2. The summed E-state index contributed by atoms with van der Waals surface area (Å²) in [6, 6.07) is 12.7. The van der Waals surface area contributed by atoms with Crippen molar-refractivity contribution in [2.75, 3.05) is 0 Å². The summed E-state index contributed by atoms with van der Waals surface area (Å²) in [4.78, 5) is 7.47. The standard InChI is InChI=1S/C28H25OPS3/c1-7-11-20(8-2)30(29)24-13-10-9-12-21(24)28-26(30)25(22-14-16(3)31-18(22)5)27(33-28)23-15-17(4)32-19(23)6/h7-15H,1-2H2,3-6H3/b20-11+. The van der Waals surface area contributed by atoms with Crippen molar-refractivity contribution in [3.63, 3.8) is 0 Å². The molecule has 33 heavy (non-hydrogen) atoms. The number of aryl methyl sites for hydroxylation is 4. The van der Waals surface area contributed by atoms with Gasteiger partial charge < -0.3 is 4.57 Å². The van der Waals surface area contributed by atoms with Gasteiger partial charge in [0.2, 0.25) is 0 Å². The minimum Gasteiger partial charge on any atom is -0.309 e. The van der Waals surface area contributed by atoms with Crippen molar-refractivity contribution in [3.05, 3.63) is 92.6 Å². The second kappa shape index (κ2) is 8.21. The number of rotatable bonds is 5. The van der Waals surface area contributed by atoms with Crippen LogP contribution in [0.5, 0.6) is 0 Å². The van der Waals surface area contributed by atoms with Crippen LogP contribution < -0.4 is 10.6 Å². The van der Waals surface area contributed by atoms with E-state index in [1.54, 1.807) is 34.8 Å². The summed E-state index contributed by atoms with van der Waals surface area (Å²) in [7, 11) is -3.11. The number of hydrogen-bond acceptors (Lipinski definition) is 4. The molecule has 1 atom stereocenters. The Labute approximate surface area is 207 Å². The van der Waals surface area contributed by atoms with Crippen molar-refractivity contribution >= 4 is 51.8 Å². The van der Waals surface area contributed by atoms with E-state index in [-0.39, 0.29) is 0 Å². The van der Waals surface area contributed by atoms with Crippen LogP contribution in [0.25, 0.3) is 32.0 Å². The van der Waals surface area contributed by atoms with E-state index < -0.39 is 7.14 Å². The fourth-order valence-electron chi connectivity index (χ4n) is 4.83. The number of hydrogen-bond donors (Lipinski definition) is 0. The smallest absolute Gasteiger partial charge is 0.173 e. The van der Waals surface area contributed by atoms with Crippen LogP contribution in [-0.4, -0.2) is 0 Å². The fraction of sp³-hybridized carbons (Fsp3) is 0.143. The first-order valence-corrected chi connectivity index (χ1v) is 14.9. The van der Waals surface area contributed by atoms with Crippen LogP contribution in [0.3, 0.4) is 0 Å². The molecule has 0 bridgehead atoms. The maximum atomic E-state index is 15.3. The molecular formula is C28H25OPS3. The van der Waals surface area contributed by atoms with Gasteiger partial charge in [0.1, 0.15) is 0 Å². The molecule has 4 heterocycles. The zero-order valence-corrected chi connectivity index (χ0v) is 22.5. The molecule has 166 valence electrons. The lowest BCUT2D eigenvalue weighted by Crippen LogP contribution is -2.13. The lowest BCUT2D eigenvalue weighted by molar-refractivity contribution is 0.591. The summed E-state index contributed by atoms with van der Waals surface area (Å²) in [5.74, 6) is 0. The van der Waals surface area contributed by atoms with Gasteiger partial charge in [0.05, 0.1) is 0 Å². The van der Waals surface area contributed by atoms with Crippen molar-refractivity contribution in [2.45, 2.75) is 27.7 Å². The molecule has 1 nitrogen and oxygen atoms in total. The highest BCUT2D eigenvalue weighted by Crippen LogP contribution is 2.65. The SMILES string of the molecule is C=C/C=C(\C=C)P1(=O)c2ccccc2-c2sc(-c3cc(C)sc3C)c(-c3cc(C)sc3C)c21. The topological polar surface area (TPSA) is 17.1 Å². The van der Waals surface area contributed by atoms with Gasteiger partial charge in [-0.1, -0.05) is 55.7 Å². The predicted molar refractivity (Wildman–Crippen MR) is 151 cm³/mol. The largest absolute Gasteiger partial charge is 0.309 e. The Hall–Kier alpha value is -2.23. The highest BCUT2D eigenvalue weighted by Gasteiger charge is 2.45. The molecule has 1 unspecified atom stereocenters. The van der Waals surface area contributed by atoms with E-state index in [0.29, 0.717) is 0 Å². The molecule has 0 N–H and O–H groups in total. The number of fused-ring (bicyclic) bond motifs is 3. The van der Waals surface area contributed by atoms with E-state index in [4.69, 9.17) is 0 Å². The lowest BCUT2D eigenvalue weighted by Gasteiger charge is -2.19. The highest BCUT2D eigenvalue weighted by molar-refractivity contribution is 7.84.